The predicted molar refractivity (Wildman–Crippen MR) is 110 cm³/mol. The van der Waals surface area contributed by atoms with Gasteiger partial charge in [-0.2, -0.15) is 0 Å². The second-order valence-corrected chi connectivity index (χ2v) is 8.79. The first-order valence-corrected chi connectivity index (χ1v) is 10.7. The van der Waals surface area contributed by atoms with Gasteiger partial charge in [-0.3, -0.25) is 9.59 Å². The van der Waals surface area contributed by atoms with Crippen molar-refractivity contribution in [3.63, 3.8) is 0 Å². The number of fused-ring (bicyclic) bond motifs is 1. The van der Waals surface area contributed by atoms with Gasteiger partial charge in [0.15, 0.2) is 5.16 Å². The lowest BCUT2D eigenvalue weighted by Crippen LogP contribution is -2.24. The Morgan fingerprint density at radius 2 is 2.18 bits per heavy atom. The first kappa shape index (κ1) is 20.4. The number of nitrogens with zero attached hydrogens (tertiary/aromatic N) is 1. The van der Waals surface area contributed by atoms with Crippen LogP contribution in [0.3, 0.4) is 0 Å². The maximum Gasteiger partial charge on any atom is 0.341 e. The minimum Gasteiger partial charge on any atom is -0.462 e. The molecule has 0 unspecified atom stereocenters. The van der Waals surface area contributed by atoms with Crippen molar-refractivity contribution < 1.29 is 14.3 Å². The van der Waals surface area contributed by atoms with Crippen molar-refractivity contribution in [3.8, 4) is 0 Å². The second kappa shape index (κ2) is 8.78. The molecule has 0 saturated carbocycles. The van der Waals surface area contributed by atoms with Crippen LogP contribution in [-0.2, 0) is 22.4 Å². The summed E-state index contributed by atoms with van der Waals surface area (Å²) in [5.74, 6) is -0.604. The van der Waals surface area contributed by atoms with E-state index in [1.807, 2.05) is 0 Å². The Labute approximate surface area is 170 Å². The largest absolute Gasteiger partial charge is 0.462 e. The van der Waals surface area contributed by atoms with E-state index in [4.69, 9.17) is 10.5 Å². The lowest BCUT2D eigenvalue weighted by Gasteiger charge is -2.13. The highest BCUT2D eigenvalue weighted by Gasteiger charge is 2.28. The van der Waals surface area contributed by atoms with Gasteiger partial charge in [0.1, 0.15) is 10.8 Å². The van der Waals surface area contributed by atoms with E-state index in [9.17, 15) is 14.4 Å². The Morgan fingerprint density at radius 3 is 2.89 bits per heavy atom. The van der Waals surface area contributed by atoms with Crippen molar-refractivity contribution in [1.29, 1.82) is 0 Å². The molecule has 0 fully saturated rings. The molecule has 28 heavy (non-hydrogen) atoms. The van der Waals surface area contributed by atoms with Gasteiger partial charge in [-0.1, -0.05) is 11.8 Å². The summed E-state index contributed by atoms with van der Waals surface area (Å²) in [6.45, 7) is 3.73. The fourth-order valence-corrected chi connectivity index (χ4v) is 5.12. The number of nitrogen functional groups attached to an aromatic ring is 1. The molecule has 1 amide bonds. The molecule has 0 aromatic carbocycles. The van der Waals surface area contributed by atoms with Crippen molar-refractivity contribution in [2.45, 2.75) is 49.9 Å². The molecule has 2 heterocycles. The number of aromatic nitrogens is 2. The number of thioether (sulfide) groups is 1. The van der Waals surface area contributed by atoms with Crippen LogP contribution in [-0.4, -0.2) is 33.7 Å². The molecule has 3 rings (SSSR count). The molecule has 0 radical (unpaired) electrons. The Bertz CT molecular complexity index is 954. The summed E-state index contributed by atoms with van der Waals surface area (Å²) < 4.78 is 5.20. The molecule has 1 aliphatic carbocycles. The monoisotopic (exact) mass is 422 g/mol. The number of esters is 1. The Kier molecular flexibility index (Phi) is 6.40. The topological polar surface area (TPSA) is 127 Å². The molecule has 150 valence electrons. The SMILES string of the molecule is CCOC(=O)c1c(NC(=O)[C@H](C)Sc2nc(N)cc(=O)[nH]2)sc2c1CCCC2. The fourth-order valence-electron chi connectivity index (χ4n) is 3.02. The minimum atomic E-state index is -0.556. The zero-order valence-corrected chi connectivity index (χ0v) is 17.3. The molecule has 0 saturated heterocycles. The van der Waals surface area contributed by atoms with Crippen LogP contribution < -0.4 is 16.6 Å². The van der Waals surface area contributed by atoms with E-state index in [0.717, 1.165) is 47.9 Å². The quantitative estimate of drug-likeness (QED) is 0.371. The van der Waals surface area contributed by atoms with Gasteiger partial charge < -0.3 is 20.8 Å². The van der Waals surface area contributed by atoms with Crippen molar-refractivity contribution in [1.82, 2.24) is 9.97 Å². The summed E-state index contributed by atoms with van der Waals surface area (Å²) in [4.78, 5) is 44.4. The van der Waals surface area contributed by atoms with E-state index in [1.54, 1.807) is 13.8 Å². The van der Waals surface area contributed by atoms with Gasteiger partial charge in [-0.25, -0.2) is 9.78 Å². The lowest BCUT2D eigenvalue weighted by atomic mass is 9.95. The summed E-state index contributed by atoms with van der Waals surface area (Å²) in [6, 6.07) is 1.18. The number of anilines is 2. The molecule has 8 nitrogen and oxygen atoms in total. The number of aromatic amines is 1. The van der Waals surface area contributed by atoms with Gasteiger partial charge in [0.2, 0.25) is 5.91 Å². The number of amides is 1. The van der Waals surface area contributed by atoms with Crippen LogP contribution in [0.25, 0.3) is 0 Å². The van der Waals surface area contributed by atoms with Gasteiger partial charge in [0, 0.05) is 10.9 Å². The normalized spacial score (nSPS) is 14.2. The van der Waals surface area contributed by atoms with E-state index in [2.05, 4.69) is 15.3 Å². The van der Waals surface area contributed by atoms with E-state index in [-0.39, 0.29) is 29.0 Å². The third-order valence-electron chi connectivity index (χ3n) is 4.28. The Hall–Kier alpha value is -2.33. The first-order valence-electron chi connectivity index (χ1n) is 9.05. The molecule has 0 aliphatic heterocycles. The van der Waals surface area contributed by atoms with Crippen molar-refractivity contribution in [3.05, 3.63) is 32.4 Å². The molecule has 2 aromatic rings. The highest BCUT2D eigenvalue weighted by molar-refractivity contribution is 8.00. The summed E-state index contributed by atoms with van der Waals surface area (Å²) in [5, 5.41) is 3.10. The van der Waals surface area contributed by atoms with Crippen LogP contribution in [0, 0.1) is 0 Å². The average Bonchev–Trinajstić information content (AvgIpc) is 2.98. The summed E-state index contributed by atoms with van der Waals surface area (Å²) in [5.41, 5.74) is 6.67. The van der Waals surface area contributed by atoms with Crippen molar-refractivity contribution in [2.24, 2.45) is 0 Å². The van der Waals surface area contributed by atoms with E-state index >= 15 is 0 Å². The number of nitrogens with one attached hydrogen (secondary N) is 2. The van der Waals surface area contributed by atoms with Gasteiger partial charge in [0.05, 0.1) is 17.4 Å². The zero-order valence-electron chi connectivity index (χ0n) is 15.7. The van der Waals surface area contributed by atoms with Gasteiger partial charge in [-0.15, -0.1) is 11.3 Å². The number of carbonyl (C=O) groups is 2. The number of thiophene rings is 1. The standard InChI is InChI=1S/C18H22N4O4S2/c1-3-26-17(25)14-10-6-4-5-7-11(10)28-16(14)22-15(24)9(2)27-18-20-12(19)8-13(23)21-18/h8-9H,3-7H2,1-2H3,(H,22,24)(H3,19,20,21,23)/t9-/m0/s1. The number of ether oxygens (including phenoxy) is 1. The minimum absolute atomic E-state index is 0.0920. The molecule has 0 bridgehead atoms. The average molecular weight is 423 g/mol. The first-order chi connectivity index (χ1) is 13.4. The highest BCUT2D eigenvalue weighted by Crippen LogP contribution is 2.39. The van der Waals surface area contributed by atoms with Crippen LogP contribution in [0.1, 0.15) is 47.5 Å². The van der Waals surface area contributed by atoms with Gasteiger partial charge in [0.25, 0.3) is 5.56 Å². The number of hydrogen-bond donors (Lipinski definition) is 3. The smallest absolute Gasteiger partial charge is 0.341 e. The summed E-state index contributed by atoms with van der Waals surface area (Å²) in [6.07, 6.45) is 3.81. The Balaban J connectivity index is 1.80. The number of hydrogen-bond acceptors (Lipinski definition) is 8. The number of aryl methyl sites for hydroxylation is 1. The van der Waals surface area contributed by atoms with Gasteiger partial charge in [-0.05, 0) is 45.1 Å². The van der Waals surface area contributed by atoms with Crippen LogP contribution in [0.2, 0.25) is 0 Å². The number of nitrogens with two attached hydrogens (primary N) is 1. The maximum absolute atomic E-state index is 12.7. The second-order valence-electron chi connectivity index (χ2n) is 6.36. The third kappa shape index (κ3) is 4.56. The predicted octanol–water partition coefficient (Wildman–Crippen LogP) is 2.59. The van der Waals surface area contributed by atoms with Crippen molar-refractivity contribution in [2.75, 3.05) is 17.7 Å². The third-order valence-corrected chi connectivity index (χ3v) is 6.48. The van der Waals surface area contributed by atoms with E-state index < -0.39 is 11.2 Å². The molecule has 1 aliphatic rings. The maximum atomic E-state index is 12.7. The van der Waals surface area contributed by atoms with Crippen LogP contribution in [0.15, 0.2) is 16.0 Å². The molecular weight excluding hydrogens is 400 g/mol. The zero-order chi connectivity index (χ0) is 20.3. The highest BCUT2D eigenvalue weighted by atomic mass is 32.2. The molecule has 1 atom stereocenters. The van der Waals surface area contributed by atoms with E-state index in [1.165, 1.54) is 17.4 Å². The Morgan fingerprint density at radius 1 is 1.43 bits per heavy atom. The molecule has 0 spiro atoms. The molecule has 2 aromatic heterocycles. The fraction of sp³-hybridized carbons (Fsp3) is 0.444. The molecule has 4 N–H and O–H groups in total. The number of carbonyl (C=O) groups excluding carboxylic acids is 2. The number of H-pyrrole nitrogens is 1. The number of rotatable bonds is 6. The van der Waals surface area contributed by atoms with Crippen LogP contribution in [0.4, 0.5) is 10.8 Å². The molecule has 10 heteroatoms. The summed E-state index contributed by atoms with van der Waals surface area (Å²) >= 11 is 2.53. The van der Waals surface area contributed by atoms with Crippen LogP contribution >= 0.6 is 23.1 Å². The summed E-state index contributed by atoms with van der Waals surface area (Å²) in [7, 11) is 0. The van der Waals surface area contributed by atoms with Crippen molar-refractivity contribution >= 4 is 45.8 Å². The van der Waals surface area contributed by atoms with E-state index in [0.29, 0.717) is 10.6 Å². The molecular formula is C18H22N4O4S2. The van der Waals surface area contributed by atoms with Gasteiger partial charge >= 0.3 is 5.97 Å². The lowest BCUT2D eigenvalue weighted by molar-refractivity contribution is -0.115. The van der Waals surface area contributed by atoms with Crippen LogP contribution in [0.5, 0.6) is 0 Å².